The molecule has 1 aliphatic rings. The lowest BCUT2D eigenvalue weighted by atomic mass is 9.75. The zero-order valence-corrected chi connectivity index (χ0v) is 11.6. The third-order valence-electron chi connectivity index (χ3n) is 3.98. The second-order valence-electron chi connectivity index (χ2n) is 6.17. The Morgan fingerprint density at radius 1 is 1.33 bits per heavy atom. The van der Waals surface area contributed by atoms with Crippen molar-refractivity contribution in [3.63, 3.8) is 0 Å². The Bertz CT molecular complexity index is 389. The fourth-order valence-corrected chi connectivity index (χ4v) is 2.70. The van der Waals surface area contributed by atoms with Crippen molar-refractivity contribution in [2.24, 2.45) is 17.2 Å². The molecule has 1 fully saturated rings. The van der Waals surface area contributed by atoms with E-state index >= 15 is 0 Å². The van der Waals surface area contributed by atoms with Gasteiger partial charge < -0.3 is 10.3 Å². The van der Waals surface area contributed by atoms with Crippen molar-refractivity contribution in [3.8, 4) is 0 Å². The summed E-state index contributed by atoms with van der Waals surface area (Å²) in [7, 11) is 0. The van der Waals surface area contributed by atoms with Gasteiger partial charge in [-0.2, -0.15) is 0 Å². The fourth-order valence-electron chi connectivity index (χ4n) is 2.70. The van der Waals surface area contributed by atoms with Gasteiger partial charge >= 0.3 is 0 Å². The van der Waals surface area contributed by atoms with Crippen LogP contribution in [0.3, 0.4) is 0 Å². The molecule has 1 aromatic rings. The average molecular weight is 248 g/mol. The van der Waals surface area contributed by atoms with Crippen LogP contribution in [0.4, 0.5) is 11.5 Å². The maximum atomic E-state index is 5.40. The minimum absolute atomic E-state index is 0.425. The van der Waals surface area contributed by atoms with E-state index in [0.717, 1.165) is 24.8 Å². The Labute approximate surface area is 110 Å². The molecule has 0 spiro atoms. The highest BCUT2D eigenvalue weighted by atomic mass is 15.3. The zero-order valence-electron chi connectivity index (χ0n) is 11.6. The SMILES string of the molecule is CC(C)(C)C1CCN(c2ccnc(NN)c2)CC1. The molecule has 3 N–H and O–H groups in total. The molecule has 1 aliphatic heterocycles. The zero-order chi connectivity index (χ0) is 13.2. The molecule has 0 amide bonds. The molecule has 2 rings (SSSR count). The van der Waals surface area contributed by atoms with Gasteiger partial charge in [-0.05, 0) is 30.2 Å². The fraction of sp³-hybridized carbons (Fsp3) is 0.643. The third kappa shape index (κ3) is 2.93. The summed E-state index contributed by atoms with van der Waals surface area (Å²) in [6, 6.07) is 4.07. The molecule has 1 saturated heterocycles. The van der Waals surface area contributed by atoms with E-state index < -0.39 is 0 Å². The first-order chi connectivity index (χ1) is 8.50. The number of hydrogen-bond donors (Lipinski definition) is 2. The number of hydrogen-bond acceptors (Lipinski definition) is 4. The van der Waals surface area contributed by atoms with Gasteiger partial charge in [-0.3, -0.25) is 0 Å². The smallest absolute Gasteiger partial charge is 0.141 e. The van der Waals surface area contributed by atoms with Gasteiger partial charge in [0.1, 0.15) is 5.82 Å². The minimum atomic E-state index is 0.425. The predicted molar refractivity (Wildman–Crippen MR) is 76.4 cm³/mol. The van der Waals surface area contributed by atoms with Crippen LogP contribution < -0.4 is 16.2 Å². The monoisotopic (exact) mass is 248 g/mol. The van der Waals surface area contributed by atoms with Gasteiger partial charge in [0.2, 0.25) is 0 Å². The van der Waals surface area contributed by atoms with Gasteiger partial charge in [-0.25, -0.2) is 10.8 Å². The average Bonchev–Trinajstić information content (AvgIpc) is 2.38. The molecular formula is C14H24N4. The van der Waals surface area contributed by atoms with Crippen molar-refractivity contribution in [3.05, 3.63) is 18.3 Å². The second-order valence-corrected chi connectivity index (χ2v) is 6.17. The van der Waals surface area contributed by atoms with Crippen molar-refractivity contribution in [2.75, 3.05) is 23.4 Å². The number of pyridine rings is 1. The highest BCUT2D eigenvalue weighted by molar-refractivity contribution is 5.53. The van der Waals surface area contributed by atoms with Crippen LogP contribution in [-0.2, 0) is 0 Å². The summed E-state index contributed by atoms with van der Waals surface area (Å²) in [6.07, 6.45) is 4.33. The molecule has 0 saturated carbocycles. The Kier molecular flexibility index (Phi) is 3.76. The molecule has 18 heavy (non-hydrogen) atoms. The van der Waals surface area contributed by atoms with Crippen LogP contribution in [0, 0.1) is 11.3 Å². The number of piperidine rings is 1. The largest absolute Gasteiger partial charge is 0.371 e. The number of nitrogen functional groups attached to an aromatic ring is 1. The molecule has 2 heterocycles. The van der Waals surface area contributed by atoms with E-state index in [9.17, 15) is 0 Å². The van der Waals surface area contributed by atoms with Gasteiger partial charge in [0.15, 0.2) is 0 Å². The van der Waals surface area contributed by atoms with E-state index in [1.165, 1.54) is 18.5 Å². The van der Waals surface area contributed by atoms with Crippen LogP contribution in [0.1, 0.15) is 33.6 Å². The Balaban J connectivity index is 2.01. The highest BCUT2D eigenvalue weighted by Gasteiger charge is 2.28. The van der Waals surface area contributed by atoms with Crippen molar-refractivity contribution in [1.82, 2.24) is 4.98 Å². The van der Waals surface area contributed by atoms with E-state index in [1.807, 2.05) is 6.07 Å². The lowest BCUT2D eigenvalue weighted by Gasteiger charge is -2.39. The molecular weight excluding hydrogens is 224 g/mol. The predicted octanol–water partition coefficient (Wildman–Crippen LogP) is 2.63. The summed E-state index contributed by atoms with van der Waals surface area (Å²) in [6.45, 7) is 9.27. The molecule has 0 atom stereocenters. The number of anilines is 2. The third-order valence-corrected chi connectivity index (χ3v) is 3.98. The maximum absolute atomic E-state index is 5.40. The van der Waals surface area contributed by atoms with Crippen LogP contribution in [0.2, 0.25) is 0 Å². The van der Waals surface area contributed by atoms with Crippen LogP contribution in [0.25, 0.3) is 0 Å². The van der Waals surface area contributed by atoms with Crippen molar-refractivity contribution in [1.29, 1.82) is 0 Å². The number of hydrazine groups is 1. The van der Waals surface area contributed by atoms with Gasteiger partial charge in [0.25, 0.3) is 0 Å². The van der Waals surface area contributed by atoms with Crippen molar-refractivity contribution < 1.29 is 0 Å². The lowest BCUT2D eigenvalue weighted by molar-refractivity contribution is 0.199. The van der Waals surface area contributed by atoms with E-state index in [1.54, 1.807) is 6.20 Å². The number of rotatable bonds is 2. The minimum Gasteiger partial charge on any atom is -0.371 e. The maximum Gasteiger partial charge on any atom is 0.141 e. The Hall–Kier alpha value is -1.29. The van der Waals surface area contributed by atoms with Crippen LogP contribution >= 0.6 is 0 Å². The summed E-state index contributed by atoms with van der Waals surface area (Å²) in [5.41, 5.74) is 4.24. The first-order valence-corrected chi connectivity index (χ1v) is 6.68. The quantitative estimate of drug-likeness (QED) is 0.624. The normalized spacial score (nSPS) is 17.9. The number of nitrogens with zero attached hydrogens (tertiary/aromatic N) is 2. The van der Waals surface area contributed by atoms with Gasteiger partial charge in [0.05, 0.1) is 0 Å². The second kappa shape index (κ2) is 5.14. The molecule has 0 aromatic carbocycles. The molecule has 0 bridgehead atoms. The van der Waals surface area contributed by atoms with Crippen LogP contribution in [0.15, 0.2) is 18.3 Å². The van der Waals surface area contributed by atoms with Gasteiger partial charge in [-0.15, -0.1) is 0 Å². The molecule has 0 radical (unpaired) electrons. The first kappa shape index (κ1) is 13.1. The molecule has 100 valence electrons. The Morgan fingerprint density at radius 3 is 2.56 bits per heavy atom. The summed E-state index contributed by atoms with van der Waals surface area (Å²) < 4.78 is 0. The van der Waals surface area contributed by atoms with E-state index in [4.69, 9.17) is 5.84 Å². The van der Waals surface area contributed by atoms with E-state index in [2.05, 4.69) is 42.1 Å². The van der Waals surface area contributed by atoms with Crippen LogP contribution in [0.5, 0.6) is 0 Å². The molecule has 4 nitrogen and oxygen atoms in total. The Morgan fingerprint density at radius 2 is 2.00 bits per heavy atom. The van der Waals surface area contributed by atoms with Gasteiger partial charge in [0, 0.05) is 31.0 Å². The summed E-state index contributed by atoms with van der Waals surface area (Å²) in [4.78, 5) is 6.57. The standard InChI is InChI=1S/C14H24N4/c1-14(2,3)11-5-8-18(9-6-11)12-4-7-16-13(10-12)17-15/h4,7,10-11H,5-6,8-9,15H2,1-3H3,(H,16,17). The number of aromatic nitrogens is 1. The molecule has 1 aromatic heterocycles. The first-order valence-electron chi connectivity index (χ1n) is 6.68. The van der Waals surface area contributed by atoms with E-state index in [0.29, 0.717) is 5.41 Å². The molecule has 0 aliphatic carbocycles. The van der Waals surface area contributed by atoms with Crippen molar-refractivity contribution in [2.45, 2.75) is 33.6 Å². The van der Waals surface area contributed by atoms with Gasteiger partial charge in [-0.1, -0.05) is 20.8 Å². The summed E-state index contributed by atoms with van der Waals surface area (Å²) in [5, 5.41) is 0. The van der Waals surface area contributed by atoms with Crippen molar-refractivity contribution >= 4 is 11.5 Å². The van der Waals surface area contributed by atoms with Crippen LogP contribution in [-0.4, -0.2) is 18.1 Å². The lowest BCUT2D eigenvalue weighted by Crippen LogP contribution is -2.38. The summed E-state index contributed by atoms with van der Waals surface area (Å²) >= 11 is 0. The molecule has 4 heteroatoms. The van der Waals surface area contributed by atoms with E-state index in [-0.39, 0.29) is 0 Å². The number of nitrogens with one attached hydrogen (secondary N) is 1. The summed E-state index contributed by atoms with van der Waals surface area (Å²) in [5.74, 6) is 6.95. The highest BCUT2D eigenvalue weighted by Crippen LogP contribution is 2.35. The topological polar surface area (TPSA) is 54.2 Å². The molecule has 0 unspecified atom stereocenters. The number of nitrogens with two attached hydrogens (primary N) is 1.